The zero-order valence-corrected chi connectivity index (χ0v) is 14.4. The number of carbonyl (C=O) groups is 1. The monoisotopic (exact) mass is 352 g/mol. The van der Waals surface area contributed by atoms with Crippen LogP contribution in [0.5, 0.6) is 0 Å². The molecule has 114 valence electrons. The fourth-order valence-electron chi connectivity index (χ4n) is 2.25. The Morgan fingerprint density at radius 2 is 2.14 bits per heavy atom. The SMILES string of the molecule is CCC(NC(=O)OC(C)(C)C)c1c[nH]c2ccc(Br)cc12. The van der Waals surface area contributed by atoms with Gasteiger partial charge in [0.25, 0.3) is 0 Å². The first-order valence-electron chi connectivity index (χ1n) is 7.06. The molecule has 2 rings (SSSR count). The van der Waals surface area contributed by atoms with Crippen molar-refractivity contribution in [2.75, 3.05) is 0 Å². The van der Waals surface area contributed by atoms with Crippen molar-refractivity contribution in [3.05, 3.63) is 34.4 Å². The smallest absolute Gasteiger partial charge is 0.408 e. The lowest BCUT2D eigenvalue weighted by Gasteiger charge is -2.23. The average molecular weight is 353 g/mol. The van der Waals surface area contributed by atoms with E-state index in [2.05, 4.69) is 32.3 Å². The minimum Gasteiger partial charge on any atom is -0.444 e. The Hall–Kier alpha value is -1.49. The lowest BCUT2D eigenvalue weighted by Crippen LogP contribution is -2.34. The lowest BCUT2D eigenvalue weighted by molar-refractivity contribution is 0.0502. The molecule has 0 aliphatic carbocycles. The van der Waals surface area contributed by atoms with Gasteiger partial charge in [0.15, 0.2) is 0 Å². The number of hydrogen-bond donors (Lipinski definition) is 2. The van der Waals surface area contributed by atoms with Gasteiger partial charge in [-0.2, -0.15) is 0 Å². The molecular weight excluding hydrogens is 332 g/mol. The number of amides is 1. The Morgan fingerprint density at radius 3 is 2.76 bits per heavy atom. The van der Waals surface area contributed by atoms with Crippen molar-refractivity contribution in [2.24, 2.45) is 0 Å². The highest BCUT2D eigenvalue weighted by atomic mass is 79.9. The summed E-state index contributed by atoms with van der Waals surface area (Å²) in [6.45, 7) is 7.61. The van der Waals surface area contributed by atoms with E-state index in [1.165, 1.54) is 0 Å². The summed E-state index contributed by atoms with van der Waals surface area (Å²) in [7, 11) is 0. The minimum atomic E-state index is -0.494. The van der Waals surface area contributed by atoms with E-state index in [0.717, 1.165) is 27.4 Å². The molecule has 5 heteroatoms. The molecular formula is C16H21BrN2O2. The van der Waals surface area contributed by atoms with E-state index < -0.39 is 11.7 Å². The van der Waals surface area contributed by atoms with Gasteiger partial charge in [-0.05, 0) is 51.0 Å². The third-order valence-electron chi connectivity index (χ3n) is 3.15. The van der Waals surface area contributed by atoms with Crippen molar-refractivity contribution in [2.45, 2.75) is 45.8 Å². The highest BCUT2D eigenvalue weighted by Gasteiger charge is 2.21. The van der Waals surface area contributed by atoms with Crippen LogP contribution in [0.4, 0.5) is 4.79 Å². The molecule has 0 saturated heterocycles. The number of carbonyl (C=O) groups excluding carboxylic acids is 1. The number of aromatic nitrogens is 1. The summed E-state index contributed by atoms with van der Waals surface area (Å²) in [5.74, 6) is 0. The van der Waals surface area contributed by atoms with Crippen molar-refractivity contribution in [1.29, 1.82) is 0 Å². The standard InChI is InChI=1S/C16H21BrN2O2/c1-5-13(19-15(20)21-16(2,3)4)12-9-18-14-7-6-10(17)8-11(12)14/h6-9,13,18H,5H2,1-4H3,(H,19,20). The molecule has 0 radical (unpaired) electrons. The minimum absolute atomic E-state index is 0.0806. The fourth-order valence-corrected chi connectivity index (χ4v) is 2.61. The first-order valence-corrected chi connectivity index (χ1v) is 7.85. The topological polar surface area (TPSA) is 54.1 Å². The molecule has 2 aromatic rings. The summed E-state index contributed by atoms with van der Waals surface area (Å²) in [5, 5.41) is 4.04. The molecule has 0 bridgehead atoms. The van der Waals surface area contributed by atoms with Crippen LogP contribution in [-0.4, -0.2) is 16.7 Å². The number of alkyl carbamates (subject to hydrolysis) is 1. The second kappa shape index (κ2) is 6.10. The predicted octanol–water partition coefficient (Wildman–Crippen LogP) is 4.91. The van der Waals surface area contributed by atoms with Gasteiger partial charge in [-0.3, -0.25) is 0 Å². The Labute approximate surface area is 133 Å². The number of halogens is 1. The Bertz CT molecular complexity index is 643. The van der Waals surface area contributed by atoms with Gasteiger partial charge in [0.2, 0.25) is 0 Å². The van der Waals surface area contributed by atoms with Crippen LogP contribution in [0, 0.1) is 0 Å². The second-order valence-corrected chi connectivity index (χ2v) is 6.96. The number of nitrogens with one attached hydrogen (secondary N) is 2. The van der Waals surface area contributed by atoms with Gasteiger partial charge < -0.3 is 15.0 Å². The fraction of sp³-hybridized carbons (Fsp3) is 0.438. The number of rotatable bonds is 3. The van der Waals surface area contributed by atoms with E-state index in [9.17, 15) is 4.79 Å². The third kappa shape index (κ3) is 4.00. The molecule has 1 amide bonds. The molecule has 0 aliphatic rings. The van der Waals surface area contributed by atoms with Gasteiger partial charge in [-0.25, -0.2) is 4.79 Å². The van der Waals surface area contributed by atoms with Crippen LogP contribution in [0.3, 0.4) is 0 Å². The molecule has 2 N–H and O–H groups in total. The van der Waals surface area contributed by atoms with Gasteiger partial charge in [0.1, 0.15) is 5.60 Å². The Balaban J connectivity index is 2.23. The van der Waals surface area contributed by atoms with Crippen molar-refractivity contribution in [3.8, 4) is 0 Å². The number of ether oxygens (including phenoxy) is 1. The molecule has 1 heterocycles. The van der Waals surface area contributed by atoms with Crippen LogP contribution in [-0.2, 0) is 4.74 Å². The molecule has 1 unspecified atom stereocenters. The van der Waals surface area contributed by atoms with E-state index in [4.69, 9.17) is 4.74 Å². The predicted molar refractivity (Wildman–Crippen MR) is 88.4 cm³/mol. The molecule has 1 aromatic carbocycles. The molecule has 0 aliphatic heterocycles. The highest BCUT2D eigenvalue weighted by Crippen LogP contribution is 2.28. The van der Waals surface area contributed by atoms with Crippen LogP contribution in [0.1, 0.15) is 45.7 Å². The summed E-state index contributed by atoms with van der Waals surface area (Å²) in [6.07, 6.45) is 2.35. The van der Waals surface area contributed by atoms with Crippen LogP contribution in [0.25, 0.3) is 10.9 Å². The van der Waals surface area contributed by atoms with Crippen LogP contribution in [0.2, 0.25) is 0 Å². The quantitative estimate of drug-likeness (QED) is 0.824. The maximum Gasteiger partial charge on any atom is 0.408 e. The van der Waals surface area contributed by atoms with Gasteiger partial charge in [0.05, 0.1) is 6.04 Å². The first-order chi connectivity index (χ1) is 9.80. The van der Waals surface area contributed by atoms with Crippen molar-refractivity contribution >= 4 is 32.9 Å². The van der Waals surface area contributed by atoms with E-state index in [-0.39, 0.29) is 6.04 Å². The van der Waals surface area contributed by atoms with Gasteiger partial charge in [-0.15, -0.1) is 0 Å². The maximum absolute atomic E-state index is 12.0. The van der Waals surface area contributed by atoms with Crippen LogP contribution < -0.4 is 5.32 Å². The largest absolute Gasteiger partial charge is 0.444 e. The van der Waals surface area contributed by atoms with E-state index in [0.29, 0.717) is 0 Å². The molecule has 0 saturated carbocycles. The van der Waals surface area contributed by atoms with E-state index >= 15 is 0 Å². The van der Waals surface area contributed by atoms with Gasteiger partial charge in [-0.1, -0.05) is 22.9 Å². The molecule has 21 heavy (non-hydrogen) atoms. The molecule has 0 fully saturated rings. The van der Waals surface area contributed by atoms with Crippen LogP contribution in [0.15, 0.2) is 28.9 Å². The Morgan fingerprint density at radius 1 is 1.43 bits per heavy atom. The van der Waals surface area contributed by atoms with Crippen LogP contribution >= 0.6 is 15.9 Å². The zero-order valence-electron chi connectivity index (χ0n) is 12.8. The van der Waals surface area contributed by atoms with Crippen molar-refractivity contribution in [1.82, 2.24) is 10.3 Å². The number of H-pyrrole nitrogens is 1. The maximum atomic E-state index is 12.0. The molecule has 0 spiro atoms. The highest BCUT2D eigenvalue weighted by molar-refractivity contribution is 9.10. The number of fused-ring (bicyclic) bond motifs is 1. The summed E-state index contributed by atoms with van der Waals surface area (Å²) in [5.41, 5.74) is 1.63. The van der Waals surface area contributed by atoms with E-state index in [1.807, 2.05) is 46.0 Å². The van der Waals surface area contributed by atoms with Crippen molar-refractivity contribution in [3.63, 3.8) is 0 Å². The van der Waals surface area contributed by atoms with E-state index in [1.54, 1.807) is 0 Å². The number of hydrogen-bond acceptors (Lipinski definition) is 2. The number of benzene rings is 1. The summed E-state index contributed by atoms with van der Waals surface area (Å²) in [4.78, 5) is 15.2. The summed E-state index contributed by atoms with van der Waals surface area (Å²) < 4.78 is 6.35. The summed E-state index contributed by atoms with van der Waals surface area (Å²) >= 11 is 3.49. The van der Waals surface area contributed by atoms with Gasteiger partial charge in [0, 0.05) is 21.6 Å². The zero-order chi connectivity index (χ0) is 15.6. The third-order valence-corrected chi connectivity index (χ3v) is 3.64. The summed E-state index contributed by atoms with van der Waals surface area (Å²) in [6, 6.07) is 5.98. The lowest BCUT2D eigenvalue weighted by atomic mass is 10.0. The van der Waals surface area contributed by atoms with Crippen molar-refractivity contribution < 1.29 is 9.53 Å². The average Bonchev–Trinajstić information content (AvgIpc) is 2.76. The normalized spacial score (nSPS) is 13.2. The first kappa shape index (κ1) is 15.9. The second-order valence-electron chi connectivity index (χ2n) is 6.04. The Kier molecular flexibility index (Phi) is 4.61. The van der Waals surface area contributed by atoms with Gasteiger partial charge >= 0.3 is 6.09 Å². The molecule has 1 aromatic heterocycles. The molecule has 4 nitrogen and oxygen atoms in total. The molecule has 1 atom stereocenters. The number of aromatic amines is 1.